The summed E-state index contributed by atoms with van der Waals surface area (Å²) >= 11 is 0. The number of aryl methyl sites for hydroxylation is 1. The van der Waals surface area contributed by atoms with Crippen LogP contribution in [0.4, 0.5) is 5.69 Å². The van der Waals surface area contributed by atoms with Crippen molar-refractivity contribution >= 4 is 22.5 Å². The second-order valence-electron chi connectivity index (χ2n) is 6.11. The van der Waals surface area contributed by atoms with E-state index in [4.69, 9.17) is 5.73 Å². The summed E-state index contributed by atoms with van der Waals surface area (Å²) in [6, 6.07) is 16.1. The Hall–Kier alpha value is -2.55. The first-order chi connectivity index (χ1) is 10.6. The van der Waals surface area contributed by atoms with E-state index < -0.39 is 0 Å². The Bertz CT molecular complexity index is 867. The lowest BCUT2D eigenvalue weighted by Crippen LogP contribution is -2.23. The van der Waals surface area contributed by atoms with Crippen LogP contribution in [0.5, 0.6) is 0 Å². The van der Waals surface area contributed by atoms with E-state index in [9.17, 15) is 4.79 Å². The Morgan fingerprint density at radius 1 is 1.09 bits per heavy atom. The molecule has 2 N–H and O–H groups in total. The number of carbonyl (C=O) groups excluding carboxylic acids is 1. The van der Waals surface area contributed by atoms with Crippen LogP contribution < -0.4 is 5.73 Å². The molecular weight excluding hydrogens is 272 g/mol. The molecule has 0 saturated heterocycles. The smallest absolute Gasteiger partial charge is 0.235 e. The summed E-state index contributed by atoms with van der Waals surface area (Å²) < 4.78 is 1.84. The van der Waals surface area contributed by atoms with Crippen molar-refractivity contribution < 1.29 is 4.79 Å². The van der Waals surface area contributed by atoms with E-state index in [0.29, 0.717) is 0 Å². The van der Waals surface area contributed by atoms with E-state index in [0.717, 1.165) is 35.1 Å². The number of hydrogen-bond acceptors (Lipinski definition) is 2. The predicted molar refractivity (Wildman–Crippen MR) is 89.1 cm³/mol. The SMILES string of the molecule is Cc1cc2c(N)cccc2n1C(=O)C1Cc2ccccc2C1. The minimum absolute atomic E-state index is 0.0214. The number of benzene rings is 2. The summed E-state index contributed by atoms with van der Waals surface area (Å²) in [6.45, 7) is 1.97. The molecule has 3 nitrogen and oxygen atoms in total. The maximum absolute atomic E-state index is 13.0. The number of nitrogen functional groups attached to an aromatic ring is 1. The van der Waals surface area contributed by atoms with E-state index >= 15 is 0 Å². The van der Waals surface area contributed by atoms with Crippen LogP contribution >= 0.6 is 0 Å². The number of aromatic nitrogens is 1. The van der Waals surface area contributed by atoms with Crippen LogP contribution in [0.3, 0.4) is 0 Å². The molecule has 0 radical (unpaired) electrons. The maximum atomic E-state index is 13.0. The molecule has 0 aliphatic heterocycles. The predicted octanol–water partition coefficient (Wildman–Crippen LogP) is 3.59. The molecule has 0 spiro atoms. The quantitative estimate of drug-likeness (QED) is 0.696. The van der Waals surface area contributed by atoms with Crippen molar-refractivity contribution in [2.75, 3.05) is 5.73 Å². The molecule has 1 aromatic heterocycles. The lowest BCUT2D eigenvalue weighted by atomic mass is 10.1. The van der Waals surface area contributed by atoms with Crippen molar-refractivity contribution in [3.05, 3.63) is 65.4 Å². The summed E-state index contributed by atoms with van der Waals surface area (Å²) in [5.41, 5.74) is 11.2. The third-order valence-electron chi connectivity index (χ3n) is 4.68. The Morgan fingerprint density at radius 3 is 2.45 bits per heavy atom. The minimum Gasteiger partial charge on any atom is -0.398 e. The highest BCUT2D eigenvalue weighted by atomic mass is 16.2. The maximum Gasteiger partial charge on any atom is 0.235 e. The van der Waals surface area contributed by atoms with Crippen molar-refractivity contribution in [1.82, 2.24) is 4.57 Å². The molecule has 3 heteroatoms. The average molecular weight is 290 g/mol. The van der Waals surface area contributed by atoms with Gasteiger partial charge in [0, 0.05) is 22.7 Å². The molecule has 110 valence electrons. The Morgan fingerprint density at radius 2 is 1.77 bits per heavy atom. The van der Waals surface area contributed by atoms with Gasteiger partial charge in [-0.25, -0.2) is 0 Å². The number of rotatable bonds is 1. The van der Waals surface area contributed by atoms with Crippen molar-refractivity contribution in [2.45, 2.75) is 19.8 Å². The van der Waals surface area contributed by atoms with Crippen LogP contribution in [-0.2, 0) is 12.8 Å². The van der Waals surface area contributed by atoms with Crippen LogP contribution in [0.2, 0.25) is 0 Å². The summed E-state index contributed by atoms with van der Waals surface area (Å²) in [7, 11) is 0. The molecule has 1 aliphatic rings. The van der Waals surface area contributed by atoms with Gasteiger partial charge in [0.05, 0.1) is 5.52 Å². The van der Waals surface area contributed by atoms with Gasteiger partial charge in [0.2, 0.25) is 5.91 Å². The Labute approximate surface area is 129 Å². The lowest BCUT2D eigenvalue weighted by molar-refractivity contribution is 0.0843. The molecule has 2 aromatic carbocycles. The molecule has 0 amide bonds. The first-order valence-corrected chi connectivity index (χ1v) is 7.62. The van der Waals surface area contributed by atoms with Crippen molar-refractivity contribution in [3.8, 4) is 0 Å². The molecular formula is C19H18N2O. The van der Waals surface area contributed by atoms with Gasteiger partial charge < -0.3 is 5.73 Å². The summed E-state index contributed by atoms with van der Waals surface area (Å²) in [4.78, 5) is 13.0. The fourth-order valence-electron chi connectivity index (χ4n) is 3.59. The fraction of sp³-hybridized carbons (Fsp3) is 0.211. The number of carbonyl (C=O) groups is 1. The monoisotopic (exact) mass is 290 g/mol. The summed E-state index contributed by atoms with van der Waals surface area (Å²) in [5, 5.41) is 0.962. The highest BCUT2D eigenvalue weighted by Gasteiger charge is 2.29. The molecule has 0 atom stereocenters. The van der Waals surface area contributed by atoms with Crippen molar-refractivity contribution in [2.24, 2.45) is 5.92 Å². The lowest BCUT2D eigenvalue weighted by Gasteiger charge is -2.12. The van der Waals surface area contributed by atoms with Gasteiger partial charge in [-0.05, 0) is 49.1 Å². The zero-order valence-corrected chi connectivity index (χ0v) is 12.5. The summed E-state index contributed by atoms with van der Waals surface area (Å²) in [5.74, 6) is 0.197. The highest BCUT2D eigenvalue weighted by molar-refractivity contribution is 6.00. The van der Waals surface area contributed by atoms with E-state index in [1.54, 1.807) is 0 Å². The van der Waals surface area contributed by atoms with Crippen molar-refractivity contribution in [3.63, 3.8) is 0 Å². The first kappa shape index (κ1) is 13.1. The third-order valence-corrected chi connectivity index (χ3v) is 4.68. The molecule has 22 heavy (non-hydrogen) atoms. The second kappa shape index (κ2) is 4.73. The highest BCUT2D eigenvalue weighted by Crippen LogP contribution is 2.31. The zero-order valence-electron chi connectivity index (χ0n) is 12.5. The molecule has 0 bridgehead atoms. The van der Waals surface area contributed by atoms with Crippen LogP contribution in [0.15, 0.2) is 48.5 Å². The number of nitrogens with two attached hydrogens (primary N) is 1. The first-order valence-electron chi connectivity index (χ1n) is 7.62. The number of hydrogen-bond donors (Lipinski definition) is 1. The standard InChI is InChI=1S/C19H18N2O/c1-12-9-16-17(20)7-4-8-18(16)21(12)19(22)15-10-13-5-2-3-6-14(13)11-15/h2-9,15H,10-11,20H2,1H3. The van der Waals surface area contributed by atoms with Gasteiger partial charge in [0.25, 0.3) is 0 Å². The van der Waals surface area contributed by atoms with Crippen LogP contribution in [0.25, 0.3) is 10.9 Å². The Kier molecular flexibility index (Phi) is 2.83. The molecule has 1 aliphatic carbocycles. The van der Waals surface area contributed by atoms with E-state index in [1.165, 1.54) is 11.1 Å². The van der Waals surface area contributed by atoms with Gasteiger partial charge in [-0.3, -0.25) is 9.36 Å². The van der Waals surface area contributed by atoms with Gasteiger partial charge in [-0.2, -0.15) is 0 Å². The minimum atomic E-state index is 0.0214. The average Bonchev–Trinajstić information content (AvgIpc) is 3.08. The van der Waals surface area contributed by atoms with Crippen LogP contribution in [0.1, 0.15) is 21.6 Å². The van der Waals surface area contributed by atoms with Gasteiger partial charge in [-0.1, -0.05) is 30.3 Å². The third kappa shape index (κ3) is 1.86. The molecule has 0 saturated carbocycles. The number of fused-ring (bicyclic) bond motifs is 2. The topological polar surface area (TPSA) is 48.0 Å². The van der Waals surface area contributed by atoms with Gasteiger partial charge >= 0.3 is 0 Å². The molecule has 0 unspecified atom stereocenters. The van der Waals surface area contributed by atoms with Gasteiger partial charge in [0.1, 0.15) is 0 Å². The molecule has 0 fully saturated rings. The molecule has 3 aromatic rings. The van der Waals surface area contributed by atoms with Gasteiger partial charge in [0.15, 0.2) is 0 Å². The summed E-state index contributed by atoms with van der Waals surface area (Å²) in [6.07, 6.45) is 1.66. The molecule has 1 heterocycles. The van der Waals surface area contributed by atoms with Crippen LogP contribution in [-0.4, -0.2) is 10.5 Å². The normalized spacial score (nSPS) is 14.4. The van der Waals surface area contributed by atoms with E-state index in [2.05, 4.69) is 12.1 Å². The van der Waals surface area contributed by atoms with Crippen molar-refractivity contribution in [1.29, 1.82) is 0 Å². The Balaban J connectivity index is 1.76. The van der Waals surface area contributed by atoms with Gasteiger partial charge in [-0.15, -0.1) is 0 Å². The van der Waals surface area contributed by atoms with E-state index in [1.807, 2.05) is 47.9 Å². The van der Waals surface area contributed by atoms with E-state index in [-0.39, 0.29) is 11.8 Å². The number of anilines is 1. The largest absolute Gasteiger partial charge is 0.398 e. The fourth-order valence-corrected chi connectivity index (χ4v) is 3.59. The van der Waals surface area contributed by atoms with Crippen LogP contribution in [0, 0.1) is 12.8 Å². The number of nitrogens with zero attached hydrogens (tertiary/aromatic N) is 1. The zero-order chi connectivity index (χ0) is 15.3. The molecule has 4 rings (SSSR count). The second-order valence-corrected chi connectivity index (χ2v) is 6.11.